The van der Waals surface area contributed by atoms with E-state index in [0.29, 0.717) is 22.7 Å². The number of anilines is 3. The molecule has 0 saturated heterocycles. The molecule has 1 N–H and O–H groups in total. The number of hydrogen-bond donors (Lipinski definition) is 1. The number of ether oxygens (including phenoxy) is 1. The van der Waals surface area contributed by atoms with E-state index in [2.05, 4.69) is 5.32 Å². The topological polar surface area (TPSA) is 61.9 Å². The summed E-state index contributed by atoms with van der Waals surface area (Å²) < 4.78 is 5.51. The molecule has 0 aliphatic carbocycles. The van der Waals surface area contributed by atoms with E-state index in [1.807, 2.05) is 87.4 Å². The second kappa shape index (κ2) is 8.82. The van der Waals surface area contributed by atoms with Gasteiger partial charge in [-0.3, -0.25) is 9.59 Å². The average molecular weight is 442 g/mol. The minimum absolute atomic E-state index is 0.223. The summed E-state index contributed by atoms with van der Waals surface area (Å²) in [7, 11) is 5.48. The summed E-state index contributed by atoms with van der Waals surface area (Å²) in [4.78, 5) is 30.6. The number of imide groups is 1. The number of rotatable bonds is 6. The first kappa shape index (κ1) is 22.1. The number of nitrogens with one attached hydrogen (secondary N) is 1. The number of nitrogens with zero attached hydrogens (tertiary/aromatic N) is 2. The van der Waals surface area contributed by atoms with Gasteiger partial charge in [0, 0.05) is 31.0 Å². The lowest BCUT2D eigenvalue weighted by molar-refractivity contribution is -0.120. The molecule has 3 aromatic carbocycles. The van der Waals surface area contributed by atoms with Crippen LogP contribution >= 0.6 is 0 Å². The van der Waals surface area contributed by atoms with Gasteiger partial charge in [0.1, 0.15) is 11.4 Å². The minimum Gasteiger partial charge on any atom is -0.496 e. The van der Waals surface area contributed by atoms with Crippen molar-refractivity contribution < 1.29 is 14.3 Å². The molecule has 2 amide bonds. The highest BCUT2D eigenvalue weighted by Crippen LogP contribution is 2.37. The van der Waals surface area contributed by atoms with Gasteiger partial charge in [0.15, 0.2) is 0 Å². The lowest BCUT2D eigenvalue weighted by atomic mass is 10.0. The number of benzene rings is 3. The maximum atomic E-state index is 13.7. The molecule has 168 valence electrons. The van der Waals surface area contributed by atoms with Crippen LogP contribution in [0.25, 0.3) is 5.57 Å². The molecule has 1 aliphatic rings. The third kappa shape index (κ3) is 4.20. The summed E-state index contributed by atoms with van der Waals surface area (Å²) in [5.74, 6) is -0.261. The van der Waals surface area contributed by atoms with Gasteiger partial charge in [0.2, 0.25) is 0 Å². The third-order valence-electron chi connectivity index (χ3n) is 5.58. The lowest BCUT2D eigenvalue weighted by Gasteiger charge is -2.17. The van der Waals surface area contributed by atoms with Crippen LogP contribution in [0.1, 0.15) is 16.7 Å². The third-order valence-corrected chi connectivity index (χ3v) is 5.58. The zero-order chi connectivity index (χ0) is 23.7. The summed E-state index contributed by atoms with van der Waals surface area (Å²) in [5.41, 5.74) is 5.33. The van der Waals surface area contributed by atoms with Crippen LogP contribution in [-0.2, 0) is 9.59 Å². The molecule has 1 heterocycles. The SMILES string of the molecule is COc1ccccc1C1=C(Nc2ccc(N(C)C)cc2)C(=O)N(c2cc(C)cc(C)c2)C1=O. The predicted octanol–water partition coefficient (Wildman–Crippen LogP) is 4.77. The Kier molecular flexibility index (Phi) is 5.92. The fourth-order valence-corrected chi connectivity index (χ4v) is 4.05. The molecule has 0 radical (unpaired) electrons. The summed E-state index contributed by atoms with van der Waals surface area (Å²) in [6.45, 7) is 3.89. The van der Waals surface area contributed by atoms with Crippen molar-refractivity contribution >= 4 is 34.4 Å². The Labute approximate surface area is 194 Å². The van der Waals surface area contributed by atoms with Crippen molar-refractivity contribution in [1.29, 1.82) is 0 Å². The molecule has 3 aromatic rings. The zero-order valence-corrected chi connectivity index (χ0v) is 19.5. The molecule has 0 aromatic heterocycles. The zero-order valence-electron chi connectivity index (χ0n) is 19.5. The van der Waals surface area contributed by atoms with Gasteiger partial charge in [-0.2, -0.15) is 0 Å². The van der Waals surface area contributed by atoms with Crippen molar-refractivity contribution in [3.8, 4) is 5.75 Å². The molecule has 4 rings (SSSR count). The van der Waals surface area contributed by atoms with Crippen molar-refractivity contribution in [2.45, 2.75) is 13.8 Å². The standard InChI is InChI=1S/C27H27N3O3/c1-17-14-18(2)16-21(15-17)30-26(31)24(22-8-6-7-9-23(22)33-5)25(27(30)32)28-19-10-12-20(13-11-19)29(3)4/h6-16,28H,1-5H3. The Bertz CT molecular complexity index is 1240. The number of para-hydroxylation sites is 1. The Morgan fingerprint density at radius 1 is 0.848 bits per heavy atom. The average Bonchev–Trinajstić information content (AvgIpc) is 3.02. The van der Waals surface area contributed by atoms with Crippen molar-refractivity contribution in [2.75, 3.05) is 36.3 Å². The first-order chi connectivity index (χ1) is 15.8. The smallest absolute Gasteiger partial charge is 0.282 e. The largest absolute Gasteiger partial charge is 0.496 e. The van der Waals surface area contributed by atoms with E-state index in [4.69, 9.17) is 4.74 Å². The van der Waals surface area contributed by atoms with Crippen LogP contribution in [0.2, 0.25) is 0 Å². The van der Waals surface area contributed by atoms with Crippen LogP contribution in [0.5, 0.6) is 5.75 Å². The van der Waals surface area contributed by atoms with E-state index in [1.165, 1.54) is 4.90 Å². The predicted molar refractivity (Wildman–Crippen MR) is 133 cm³/mol. The Hall–Kier alpha value is -4.06. The maximum absolute atomic E-state index is 13.7. The molecular formula is C27H27N3O3. The highest BCUT2D eigenvalue weighted by atomic mass is 16.5. The van der Waals surface area contributed by atoms with Gasteiger partial charge >= 0.3 is 0 Å². The quantitative estimate of drug-likeness (QED) is 0.558. The van der Waals surface area contributed by atoms with E-state index in [0.717, 1.165) is 16.8 Å². The van der Waals surface area contributed by atoms with Crippen molar-refractivity contribution in [3.05, 3.63) is 89.1 Å². The number of carbonyl (C=O) groups is 2. The minimum atomic E-state index is -0.400. The van der Waals surface area contributed by atoms with Crippen molar-refractivity contribution in [1.82, 2.24) is 0 Å². The fourth-order valence-electron chi connectivity index (χ4n) is 4.05. The fraction of sp³-hybridized carbons (Fsp3) is 0.185. The Morgan fingerprint density at radius 3 is 2.09 bits per heavy atom. The summed E-state index contributed by atoms with van der Waals surface area (Å²) in [6.07, 6.45) is 0. The number of carbonyl (C=O) groups excluding carboxylic acids is 2. The molecule has 0 spiro atoms. The van der Waals surface area contributed by atoms with Gasteiger partial charge in [-0.05, 0) is 67.4 Å². The molecule has 0 unspecified atom stereocenters. The van der Waals surface area contributed by atoms with Crippen LogP contribution < -0.4 is 19.9 Å². The molecule has 33 heavy (non-hydrogen) atoms. The van der Waals surface area contributed by atoms with Gasteiger partial charge in [-0.25, -0.2) is 4.90 Å². The van der Waals surface area contributed by atoms with Crippen LogP contribution in [0.3, 0.4) is 0 Å². The Balaban J connectivity index is 1.84. The first-order valence-electron chi connectivity index (χ1n) is 10.7. The molecule has 1 aliphatic heterocycles. The maximum Gasteiger partial charge on any atom is 0.282 e. The number of methoxy groups -OCH3 is 1. The second-order valence-corrected chi connectivity index (χ2v) is 8.31. The molecule has 0 atom stereocenters. The van der Waals surface area contributed by atoms with Gasteiger partial charge < -0.3 is 15.0 Å². The lowest BCUT2D eigenvalue weighted by Crippen LogP contribution is -2.32. The van der Waals surface area contributed by atoms with Gasteiger partial charge in [0.25, 0.3) is 11.8 Å². The highest BCUT2D eigenvalue weighted by molar-refractivity contribution is 6.46. The van der Waals surface area contributed by atoms with Crippen LogP contribution in [0.15, 0.2) is 72.4 Å². The van der Waals surface area contributed by atoms with E-state index < -0.39 is 5.91 Å². The molecule has 0 saturated carbocycles. The molecule has 0 bridgehead atoms. The van der Waals surface area contributed by atoms with E-state index >= 15 is 0 Å². The van der Waals surface area contributed by atoms with Crippen LogP contribution in [0, 0.1) is 13.8 Å². The van der Waals surface area contributed by atoms with Crippen LogP contribution in [-0.4, -0.2) is 33.0 Å². The summed E-state index contributed by atoms with van der Waals surface area (Å²) in [5, 5.41) is 3.21. The number of aryl methyl sites for hydroxylation is 2. The van der Waals surface area contributed by atoms with Crippen molar-refractivity contribution in [3.63, 3.8) is 0 Å². The van der Waals surface area contributed by atoms with Gasteiger partial charge in [0.05, 0.1) is 18.4 Å². The van der Waals surface area contributed by atoms with Crippen LogP contribution in [0.4, 0.5) is 17.1 Å². The second-order valence-electron chi connectivity index (χ2n) is 8.31. The molecule has 6 nitrogen and oxygen atoms in total. The Morgan fingerprint density at radius 2 is 1.48 bits per heavy atom. The first-order valence-corrected chi connectivity index (χ1v) is 10.7. The molecule has 0 fully saturated rings. The van der Waals surface area contributed by atoms with Crippen molar-refractivity contribution in [2.24, 2.45) is 0 Å². The highest BCUT2D eigenvalue weighted by Gasteiger charge is 2.41. The van der Waals surface area contributed by atoms with E-state index in [-0.39, 0.29) is 17.2 Å². The number of hydrogen-bond acceptors (Lipinski definition) is 5. The monoisotopic (exact) mass is 441 g/mol. The molecular weight excluding hydrogens is 414 g/mol. The van der Waals surface area contributed by atoms with E-state index in [1.54, 1.807) is 19.2 Å². The normalized spacial score (nSPS) is 13.5. The summed E-state index contributed by atoms with van der Waals surface area (Å²) in [6, 6.07) is 20.6. The van der Waals surface area contributed by atoms with Gasteiger partial charge in [-0.15, -0.1) is 0 Å². The van der Waals surface area contributed by atoms with E-state index in [9.17, 15) is 9.59 Å². The molecule has 6 heteroatoms. The number of amides is 2. The van der Waals surface area contributed by atoms with Gasteiger partial charge in [-0.1, -0.05) is 24.3 Å². The summed E-state index contributed by atoms with van der Waals surface area (Å²) >= 11 is 0.